The molecule has 12 nitrogen and oxygen atoms in total. The number of pyridine rings is 1. The van der Waals surface area contributed by atoms with Gasteiger partial charge in [0, 0.05) is 48.1 Å². The second-order valence-corrected chi connectivity index (χ2v) is 11.8. The van der Waals surface area contributed by atoms with Crippen molar-refractivity contribution < 1.29 is 4.79 Å². The van der Waals surface area contributed by atoms with Crippen molar-refractivity contribution in [3.05, 3.63) is 107 Å². The Bertz CT molecular complexity index is 2090. The molecule has 1 atom stereocenters. The Morgan fingerprint density at radius 3 is 2.67 bits per heavy atom. The molecule has 6 aromatic rings. The summed E-state index contributed by atoms with van der Waals surface area (Å²) in [6, 6.07) is 18.7. The maximum absolute atomic E-state index is 14.5. The van der Waals surface area contributed by atoms with E-state index < -0.39 is 11.9 Å². The Morgan fingerprint density at radius 2 is 1.87 bits per heavy atom. The van der Waals surface area contributed by atoms with E-state index in [1.54, 1.807) is 23.0 Å². The Morgan fingerprint density at radius 1 is 1.07 bits per heavy atom. The molecule has 5 heterocycles. The van der Waals surface area contributed by atoms with Crippen LogP contribution in [0.5, 0.6) is 0 Å². The van der Waals surface area contributed by atoms with E-state index in [4.69, 9.17) is 11.5 Å². The average Bonchev–Trinajstić information content (AvgIpc) is 3.68. The number of carbonyl (C=O) groups excluding carboxylic acids is 1. The van der Waals surface area contributed by atoms with Crippen molar-refractivity contribution in [1.82, 2.24) is 39.2 Å². The molecule has 46 heavy (non-hydrogen) atoms. The van der Waals surface area contributed by atoms with E-state index in [1.165, 1.54) is 4.52 Å². The van der Waals surface area contributed by atoms with Gasteiger partial charge < -0.3 is 21.7 Å². The summed E-state index contributed by atoms with van der Waals surface area (Å²) in [6.45, 7) is 5.50. The summed E-state index contributed by atoms with van der Waals surface area (Å²) in [4.78, 5) is 34.8. The van der Waals surface area contributed by atoms with Gasteiger partial charge in [-0.1, -0.05) is 36.4 Å². The molecule has 0 radical (unpaired) electrons. The normalized spacial score (nSPS) is 15.0. The largest absolute Gasteiger partial charge is 0.381 e. The van der Waals surface area contributed by atoms with Crippen LogP contribution < -0.4 is 22.3 Å². The van der Waals surface area contributed by atoms with Crippen LogP contribution in [0.4, 0.5) is 5.82 Å². The molecule has 4 aromatic heterocycles. The highest BCUT2D eigenvalue weighted by Gasteiger charge is 2.24. The highest BCUT2D eigenvalue weighted by atomic mass is 16.2. The van der Waals surface area contributed by atoms with Gasteiger partial charge in [-0.3, -0.25) is 18.8 Å². The third-order valence-corrected chi connectivity index (χ3v) is 8.75. The van der Waals surface area contributed by atoms with Crippen LogP contribution in [0.1, 0.15) is 41.9 Å². The second kappa shape index (κ2) is 12.2. The number of carbonyl (C=O) groups is 1. The molecular weight excluding hydrogens is 580 g/mol. The second-order valence-electron chi connectivity index (χ2n) is 11.8. The molecule has 234 valence electrons. The maximum atomic E-state index is 14.5. The van der Waals surface area contributed by atoms with Gasteiger partial charge in [-0.15, -0.1) is 5.10 Å². The van der Waals surface area contributed by atoms with E-state index in [-0.39, 0.29) is 16.9 Å². The fraction of sp³-hybridized carbons (Fsp3) is 0.265. The molecule has 1 aliphatic heterocycles. The highest BCUT2D eigenvalue weighted by Crippen LogP contribution is 2.29. The van der Waals surface area contributed by atoms with Gasteiger partial charge in [-0.25, -0.2) is 9.50 Å². The molecule has 0 bridgehead atoms. The minimum Gasteiger partial charge on any atom is -0.381 e. The van der Waals surface area contributed by atoms with Crippen molar-refractivity contribution in [3.63, 3.8) is 0 Å². The molecule has 1 saturated heterocycles. The summed E-state index contributed by atoms with van der Waals surface area (Å²) in [5, 5.41) is 13.2. The van der Waals surface area contributed by atoms with Crippen molar-refractivity contribution in [1.29, 1.82) is 0 Å². The average molecular weight is 617 g/mol. The summed E-state index contributed by atoms with van der Waals surface area (Å²) in [5.41, 5.74) is 15.5. The number of aromatic nitrogens is 6. The fourth-order valence-electron chi connectivity index (χ4n) is 6.29. The summed E-state index contributed by atoms with van der Waals surface area (Å²) < 4.78 is 5.07. The zero-order chi connectivity index (χ0) is 31.8. The van der Waals surface area contributed by atoms with E-state index in [0.29, 0.717) is 28.5 Å². The summed E-state index contributed by atoms with van der Waals surface area (Å²) in [7, 11) is 0. The maximum Gasteiger partial charge on any atom is 0.263 e. The molecule has 0 unspecified atom stereocenters. The number of nitrogen functional groups attached to an aromatic ring is 1. The first-order valence-corrected chi connectivity index (χ1v) is 15.5. The third kappa shape index (κ3) is 5.52. The van der Waals surface area contributed by atoms with Gasteiger partial charge in [-0.05, 0) is 68.1 Å². The van der Waals surface area contributed by atoms with Crippen LogP contribution in [0.25, 0.3) is 33.2 Å². The van der Waals surface area contributed by atoms with E-state index in [2.05, 4.69) is 25.4 Å². The van der Waals surface area contributed by atoms with E-state index in [0.717, 1.165) is 55.5 Å². The first-order valence-electron chi connectivity index (χ1n) is 15.5. The number of fused-ring (bicyclic) bond motifs is 2. The first-order chi connectivity index (χ1) is 22.4. The number of piperidine rings is 1. The number of hydrogen-bond acceptors (Lipinski definition) is 8. The Hall–Kier alpha value is -5.33. The Labute approximate surface area is 265 Å². The Balaban J connectivity index is 1.25. The van der Waals surface area contributed by atoms with Gasteiger partial charge in [0.25, 0.3) is 11.5 Å². The lowest BCUT2D eigenvalue weighted by atomic mass is 9.99. The van der Waals surface area contributed by atoms with Crippen molar-refractivity contribution in [2.45, 2.75) is 38.4 Å². The zero-order valence-electron chi connectivity index (χ0n) is 25.6. The van der Waals surface area contributed by atoms with Gasteiger partial charge in [0.05, 0.1) is 24.2 Å². The SMILES string of the molecule is C[C@@H](NC(=O)c1c(N)nn2cccnc12)c1cc2cccc(-c3cnn(CCN4CCC(N)CC4)c3)c2c(=O)n1-c1ccccc1. The lowest BCUT2D eigenvalue weighted by Crippen LogP contribution is -2.40. The number of nitrogens with one attached hydrogen (secondary N) is 1. The van der Waals surface area contributed by atoms with E-state index in [1.807, 2.05) is 78.6 Å². The monoisotopic (exact) mass is 616 g/mol. The van der Waals surface area contributed by atoms with Crippen molar-refractivity contribution in [2.75, 3.05) is 25.4 Å². The molecular formula is C34H36N10O2. The number of para-hydroxylation sites is 1. The highest BCUT2D eigenvalue weighted by molar-refractivity contribution is 6.04. The van der Waals surface area contributed by atoms with Crippen LogP contribution in [0.2, 0.25) is 0 Å². The van der Waals surface area contributed by atoms with Crippen molar-refractivity contribution in [2.24, 2.45) is 5.73 Å². The number of nitrogens with two attached hydrogens (primary N) is 2. The number of rotatable bonds is 8. The molecule has 1 aliphatic rings. The fourth-order valence-corrected chi connectivity index (χ4v) is 6.29. The van der Waals surface area contributed by atoms with Gasteiger partial charge in [0.1, 0.15) is 5.56 Å². The Kier molecular flexibility index (Phi) is 7.81. The van der Waals surface area contributed by atoms with Gasteiger partial charge >= 0.3 is 0 Å². The van der Waals surface area contributed by atoms with Gasteiger partial charge in [0.2, 0.25) is 0 Å². The van der Waals surface area contributed by atoms with Gasteiger partial charge in [0.15, 0.2) is 11.5 Å². The number of amides is 1. The predicted molar refractivity (Wildman–Crippen MR) is 178 cm³/mol. The van der Waals surface area contributed by atoms with Crippen LogP contribution >= 0.6 is 0 Å². The molecule has 0 saturated carbocycles. The van der Waals surface area contributed by atoms with Crippen molar-refractivity contribution >= 4 is 28.1 Å². The number of hydrogen-bond donors (Lipinski definition) is 3. The minimum atomic E-state index is -0.571. The topological polar surface area (TPSA) is 154 Å². The van der Waals surface area contributed by atoms with Crippen LogP contribution in [0, 0.1) is 0 Å². The van der Waals surface area contributed by atoms with E-state index in [9.17, 15) is 9.59 Å². The summed E-state index contributed by atoms with van der Waals surface area (Å²) in [5.74, 6) is -0.355. The van der Waals surface area contributed by atoms with Crippen LogP contribution in [0.15, 0.2) is 90.2 Å². The lowest BCUT2D eigenvalue weighted by molar-refractivity contribution is 0.0941. The molecule has 1 fully saturated rings. The molecule has 12 heteroatoms. The zero-order valence-corrected chi connectivity index (χ0v) is 25.6. The van der Waals surface area contributed by atoms with Crippen LogP contribution in [0.3, 0.4) is 0 Å². The van der Waals surface area contributed by atoms with E-state index >= 15 is 0 Å². The minimum absolute atomic E-state index is 0.0766. The number of nitrogens with zero attached hydrogens (tertiary/aromatic N) is 7. The van der Waals surface area contributed by atoms with Crippen LogP contribution in [-0.4, -0.2) is 65.4 Å². The summed E-state index contributed by atoms with van der Waals surface area (Å²) in [6.07, 6.45) is 9.12. The van der Waals surface area contributed by atoms with Crippen molar-refractivity contribution in [3.8, 4) is 16.8 Å². The third-order valence-electron chi connectivity index (χ3n) is 8.75. The summed E-state index contributed by atoms with van der Waals surface area (Å²) >= 11 is 0. The molecule has 1 amide bonds. The lowest BCUT2D eigenvalue weighted by Gasteiger charge is -2.29. The number of benzene rings is 2. The van der Waals surface area contributed by atoms with Crippen LogP contribution in [-0.2, 0) is 6.54 Å². The molecule has 5 N–H and O–H groups in total. The standard InChI is InChI=1S/C34H36N10O2/c1-22(39-33(45)30-31(36)40-43-14-6-13-37-32(30)43)28-19-23-7-5-10-27(29(23)34(46)44(28)26-8-3-2-4-9-26)24-20-38-42(21-24)18-17-41-15-11-25(35)12-16-41/h2-10,13-14,19-22,25H,11-12,15-18,35H2,1H3,(H2,36,40)(H,39,45)/t22-/m1/s1. The predicted octanol–water partition coefficient (Wildman–Crippen LogP) is 3.39. The number of likely N-dealkylation sites (tertiary alicyclic amines) is 1. The molecule has 0 aliphatic carbocycles. The molecule has 0 spiro atoms. The molecule has 7 rings (SSSR count). The molecule has 2 aromatic carbocycles. The first kappa shape index (κ1) is 29.4. The quantitative estimate of drug-likeness (QED) is 0.235. The smallest absolute Gasteiger partial charge is 0.263 e. The number of anilines is 1. The van der Waals surface area contributed by atoms with Gasteiger partial charge in [-0.2, -0.15) is 5.10 Å².